The number of aryl methyl sites for hydroxylation is 1. The highest BCUT2D eigenvalue weighted by atomic mass is 35.5. The Morgan fingerprint density at radius 3 is 2.41 bits per heavy atom. The fourth-order valence-electron chi connectivity index (χ4n) is 4.52. The van der Waals surface area contributed by atoms with Gasteiger partial charge in [-0.05, 0) is 55.7 Å². The number of halogens is 1. The Hall–Kier alpha value is -2.09. The molecule has 0 spiro atoms. The van der Waals surface area contributed by atoms with Crippen LogP contribution in [0, 0.1) is 6.92 Å². The van der Waals surface area contributed by atoms with Gasteiger partial charge in [0.25, 0.3) is 5.91 Å². The molecule has 1 aliphatic heterocycles. The van der Waals surface area contributed by atoms with Gasteiger partial charge in [0.05, 0.1) is 4.90 Å². The number of sulfonamides is 1. The van der Waals surface area contributed by atoms with Gasteiger partial charge >= 0.3 is 0 Å². The molecule has 32 heavy (non-hydrogen) atoms. The molecule has 1 aliphatic carbocycles. The maximum Gasteiger partial charge on any atom is 0.251 e. The molecule has 172 valence electrons. The van der Waals surface area contributed by atoms with Crippen molar-refractivity contribution in [2.24, 2.45) is 0 Å². The van der Waals surface area contributed by atoms with Crippen LogP contribution in [0.4, 0.5) is 5.69 Å². The number of amides is 1. The second kappa shape index (κ2) is 9.81. The van der Waals surface area contributed by atoms with Gasteiger partial charge in [0.2, 0.25) is 10.0 Å². The van der Waals surface area contributed by atoms with E-state index >= 15 is 0 Å². The summed E-state index contributed by atoms with van der Waals surface area (Å²) in [6, 6.07) is 12.6. The van der Waals surface area contributed by atoms with Crippen LogP contribution < -0.4 is 10.2 Å². The van der Waals surface area contributed by atoms with Crippen LogP contribution in [0.5, 0.6) is 0 Å². The van der Waals surface area contributed by atoms with Crippen molar-refractivity contribution in [2.45, 2.75) is 50.0 Å². The van der Waals surface area contributed by atoms with Gasteiger partial charge in [-0.1, -0.05) is 43.0 Å². The van der Waals surface area contributed by atoms with E-state index in [1.54, 1.807) is 12.1 Å². The Kier molecular flexibility index (Phi) is 7.08. The molecule has 0 atom stereocenters. The van der Waals surface area contributed by atoms with Crippen molar-refractivity contribution < 1.29 is 13.2 Å². The normalized spacial score (nSPS) is 18.5. The van der Waals surface area contributed by atoms with Gasteiger partial charge in [0.15, 0.2) is 0 Å². The molecule has 0 unspecified atom stereocenters. The van der Waals surface area contributed by atoms with E-state index in [-0.39, 0.29) is 16.8 Å². The third kappa shape index (κ3) is 5.11. The lowest BCUT2D eigenvalue weighted by molar-refractivity contribution is 0.0927. The molecular weight excluding hydrogens is 446 g/mol. The molecule has 2 aromatic carbocycles. The van der Waals surface area contributed by atoms with Crippen molar-refractivity contribution in [3.05, 3.63) is 58.6 Å². The van der Waals surface area contributed by atoms with Crippen molar-refractivity contribution in [2.75, 3.05) is 31.1 Å². The summed E-state index contributed by atoms with van der Waals surface area (Å²) in [6.07, 6.45) is 5.43. The number of piperazine rings is 1. The second-order valence-corrected chi connectivity index (χ2v) is 11.0. The Morgan fingerprint density at radius 2 is 1.72 bits per heavy atom. The minimum Gasteiger partial charge on any atom is -0.369 e. The summed E-state index contributed by atoms with van der Waals surface area (Å²) in [5, 5.41) is 3.76. The van der Waals surface area contributed by atoms with E-state index < -0.39 is 10.0 Å². The third-order valence-corrected chi connectivity index (χ3v) is 8.57. The van der Waals surface area contributed by atoms with Crippen LogP contribution in [0.1, 0.15) is 48.0 Å². The third-order valence-electron chi connectivity index (χ3n) is 6.44. The number of nitrogens with one attached hydrogen (secondary N) is 1. The largest absolute Gasteiger partial charge is 0.369 e. The number of hydrogen-bond donors (Lipinski definition) is 1. The molecule has 2 aromatic rings. The molecule has 1 heterocycles. The summed E-state index contributed by atoms with van der Waals surface area (Å²) in [7, 11) is -3.68. The molecule has 0 aromatic heterocycles. The molecule has 4 rings (SSSR count). The van der Waals surface area contributed by atoms with Crippen LogP contribution in [0.2, 0.25) is 5.02 Å². The van der Waals surface area contributed by atoms with E-state index in [2.05, 4.69) is 10.2 Å². The first-order valence-electron chi connectivity index (χ1n) is 11.3. The van der Waals surface area contributed by atoms with Crippen molar-refractivity contribution in [3.8, 4) is 0 Å². The predicted molar refractivity (Wildman–Crippen MR) is 128 cm³/mol. The Morgan fingerprint density at radius 1 is 1.00 bits per heavy atom. The maximum absolute atomic E-state index is 13.3. The molecule has 1 saturated carbocycles. The summed E-state index contributed by atoms with van der Waals surface area (Å²) in [4.78, 5) is 15.2. The molecule has 0 radical (unpaired) electrons. The molecule has 6 nitrogen and oxygen atoms in total. The number of carbonyl (C=O) groups is 1. The number of nitrogens with zero attached hydrogens (tertiary/aromatic N) is 2. The minimum atomic E-state index is -3.68. The Labute approximate surface area is 195 Å². The number of carbonyl (C=O) groups excluding carboxylic acids is 1. The summed E-state index contributed by atoms with van der Waals surface area (Å²) in [5.74, 6) is -0.183. The number of rotatable bonds is 5. The topological polar surface area (TPSA) is 69.7 Å². The molecule has 2 fully saturated rings. The molecule has 1 amide bonds. The van der Waals surface area contributed by atoms with E-state index in [0.717, 1.165) is 36.9 Å². The van der Waals surface area contributed by atoms with Crippen molar-refractivity contribution in [3.63, 3.8) is 0 Å². The molecule has 0 bridgehead atoms. The maximum atomic E-state index is 13.3. The van der Waals surface area contributed by atoms with Gasteiger partial charge in [-0.25, -0.2) is 8.42 Å². The van der Waals surface area contributed by atoms with Crippen LogP contribution in [-0.4, -0.2) is 50.9 Å². The zero-order valence-electron chi connectivity index (χ0n) is 18.4. The highest BCUT2D eigenvalue weighted by Crippen LogP contribution is 2.25. The average molecular weight is 476 g/mol. The van der Waals surface area contributed by atoms with E-state index in [1.807, 2.05) is 31.2 Å². The van der Waals surface area contributed by atoms with Crippen molar-refractivity contribution in [1.29, 1.82) is 0 Å². The van der Waals surface area contributed by atoms with E-state index in [4.69, 9.17) is 11.6 Å². The first-order valence-corrected chi connectivity index (χ1v) is 13.1. The lowest BCUT2D eigenvalue weighted by Crippen LogP contribution is -2.48. The zero-order chi connectivity index (χ0) is 22.7. The smallest absolute Gasteiger partial charge is 0.251 e. The van der Waals surface area contributed by atoms with Gasteiger partial charge in [0, 0.05) is 48.5 Å². The number of benzene rings is 2. The van der Waals surface area contributed by atoms with E-state index in [1.165, 1.54) is 16.8 Å². The van der Waals surface area contributed by atoms with Crippen LogP contribution in [0.15, 0.2) is 47.4 Å². The Bertz CT molecular complexity index is 1080. The monoisotopic (exact) mass is 475 g/mol. The zero-order valence-corrected chi connectivity index (χ0v) is 20.0. The van der Waals surface area contributed by atoms with Gasteiger partial charge in [-0.3, -0.25) is 4.79 Å². The number of anilines is 1. The molecule has 8 heteroatoms. The minimum absolute atomic E-state index is 0.174. The SMILES string of the molecule is Cc1ccc(S(=O)(=O)N2CCN(c3cccc(Cl)c3)CC2)cc1C(=O)NC1CCCCC1. The highest BCUT2D eigenvalue weighted by Gasteiger charge is 2.30. The van der Waals surface area contributed by atoms with Crippen LogP contribution >= 0.6 is 11.6 Å². The first kappa shape index (κ1) is 23.1. The summed E-state index contributed by atoms with van der Waals surface area (Å²) >= 11 is 6.09. The second-order valence-electron chi connectivity index (χ2n) is 8.66. The average Bonchev–Trinajstić information content (AvgIpc) is 2.80. The lowest BCUT2D eigenvalue weighted by Gasteiger charge is -2.35. The molecule has 1 saturated heterocycles. The Balaban J connectivity index is 1.47. The highest BCUT2D eigenvalue weighted by molar-refractivity contribution is 7.89. The molecule has 2 aliphatic rings. The molecular formula is C24H30ClN3O3S. The van der Waals surface area contributed by atoms with Gasteiger partial charge in [0.1, 0.15) is 0 Å². The van der Waals surface area contributed by atoms with E-state index in [9.17, 15) is 13.2 Å². The fraction of sp³-hybridized carbons (Fsp3) is 0.458. The van der Waals surface area contributed by atoms with Crippen LogP contribution in [-0.2, 0) is 10.0 Å². The van der Waals surface area contributed by atoms with Gasteiger partial charge in [-0.2, -0.15) is 4.31 Å². The summed E-state index contributed by atoms with van der Waals surface area (Å²) in [5.41, 5.74) is 2.21. The molecule has 1 N–H and O–H groups in total. The van der Waals surface area contributed by atoms with Crippen LogP contribution in [0.25, 0.3) is 0 Å². The summed E-state index contributed by atoms with van der Waals surface area (Å²) in [6.45, 7) is 3.77. The van der Waals surface area contributed by atoms with Crippen LogP contribution in [0.3, 0.4) is 0 Å². The lowest BCUT2D eigenvalue weighted by atomic mass is 9.95. The van der Waals surface area contributed by atoms with Crippen molar-refractivity contribution >= 4 is 33.2 Å². The quantitative estimate of drug-likeness (QED) is 0.702. The summed E-state index contributed by atoms with van der Waals surface area (Å²) < 4.78 is 28.1. The van der Waals surface area contributed by atoms with E-state index in [0.29, 0.717) is 36.8 Å². The standard InChI is InChI=1S/C24H30ClN3O3S/c1-18-10-11-22(17-23(18)24(29)26-20-7-3-2-4-8-20)32(30,31)28-14-12-27(13-15-28)21-9-5-6-19(25)16-21/h5-6,9-11,16-17,20H,2-4,7-8,12-15H2,1H3,(H,26,29). The predicted octanol–water partition coefficient (Wildman–Crippen LogP) is 4.22. The van der Waals surface area contributed by atoms with Gasteiger partial charge < -0.3 is 10.2 Å². The van der Waals surface area contributed by atoms with Gasteiger partial charge in [-0.15, -0.1) is 0 Å². The number of hydrogen-bond acceptors (Lipinski definition) is 4. The van der Waals surface area contributed by atoms with Crippen molar-refractivity contribution in [1.82, 2.24) is 9.62 Å². The fourth-order valence-corrected chi connectivity index (χ4v) is 6.16. The first-order chi connectivity index (χ1) is 15.3.